The van der Waals surface area contributed by atoms with Crippen LogP contribution in [0.1, 0.15) is 16.0 Å². The van der Waals surface area contributed by atoms with Gasteiger partial charge in [0, 0.05) is 10.0 Å². The average molecular weight is 344 g/mol. The topological polar surface area (TPSA) is 0 Å². The van der Waals surface area contributed by atoms with Gasteiger partial charge >= 0.3 is 0 Å². The first-order valence-electron chi connectivity index (χ1n) is 4.82. The van der Waals surface area contributed by atoms with Gasteiger partial charge in [-0.05, 0) is 23.8 Å². The Labute approximate surface area is 111 Å². The molecule has 1 unspecified atom stereocenters. The van der Waals surface area contributed by atoms with Gasteiger partial charge < -0.3 is 0 Å². The van der Waals surface area contributed by atoms with E-state index in [0.29, 0.717) is 5.56 Å². The number of hydrogen-bond acceptors (Lipinski definition) is 0. The van der Waals surface area contributed by atoms with Crippen LogP contribution in [0.3, 0.4) is 0 Å². The van der Waals surface area contributed by atoms with Crippen molar-refractivity contribution in [2.45, 2.75) is 4.83 Å². The number of hydrogen-bond donors (Lipinski definition) is 0. The Morgan fingerprint density at radius 1 is 0.938 bits per heavy atom. The van der Waals surface area contributed by atoms with E-state index in [4.69, 9.17) is 0 Å². The molecule has 1 atom stereocenters. The summed E-state index contributed by atoms with van der Waals surface area (Å²) in [6.45, 7) is 0. The second kappa shape index (κ2) is 5.11. The van der Waals surface area contributed by atoms with Crippen molar-refractivity contribution in [3.05, 3.63) is 69.9 Å². The Kier molecular flexibility index (Phi) is 3.77. The standard InChI is InChI=1S/C13H9Br2F/c14-10-7-5-9(6-8-10)13(15)11-3-1-2-4-12(11)16/h1-8,13H. The minimum Gasteiger partial charge on any atom is -0.207 e. The Morgan fingerprint density at radius 2 is 1.56 bits per heavy atom. The van der Waals surface area contributed by atoms with Crippen LogP contribution in [-0.2, 0) is 0 Å². The maximum Gasteiger partial charge on any atom is 0.127 e. The van der Waals surface area contributed by atoms with Gasteiger partial charge in [-0.25, -0.2) is 4.39 Å². The first kappa shape index (κ1) is 11.8. The molecular weight excluding hydrogens is 335 g/mol. The van der Waals surface area contributed by atoms with E-state index in [9.17, 15) is 4.39 Å². The van der Waals surface area contributed by atoms with Gasteiger partial charge in [0.2, 0.25) is 0 Å². The van der Waals surface area contributed by atoms with Crippen LogP contribution < -0.4 is 0 Å². The molecule has 0 saturated heterocycles. The van der Waals surface area contributed by atoms with E-state index in [1.54, 1.807) is 12.1 Å². The molecule has 0 aliphatic heterocycles. The van der Waals surface area contributed by atoms with Gasteiger partial charge in [-0.2, -0.15) is 0 Å². The maximum atomic E-state index is 13.6. The van der Waals surface area contributed by atoms with Crippen LogP contribution in [0.15, 0.2) is 53.0 Å². The molecule has 0 fully saturated rings. The minimum atomic E-state index is -0.188. The first-order valence-corrected chi connectivity index (χ1v) is 6.53. The summed E-state index contributed by atoms with van der Waals surface area (Å²) in [5.74, 6) is -0.188. The van der Waals surface area contributed by atoms with E-state index in [1.165, 1.54) is 6.07 Å². The molecule has 0 aromatic heterocycles. The Bertz CT molecular complexity index is 480. The van der Waals surface area contributed by atoms with E-state index >= 15 is 0 Å². The van der Waals surface area contributed by atoms with Crippen molar-refractivity contribution >= 4 is 31.9 Å². The highest BCUT2D eigenvalue weighted by Crippen LogP contribution is 2.32. The molecular formula is C13H9Br2F. The van der Waals surface area contributed by atoms with Crippen LogP contribution in [0.4, 0.5) is 4.39 Å². The van der Waals surface area contributed by atoms with Crippen LogP contribution in [0.5, 0.6) is 0 Å². The van der Waals surface area contributed by atoms with Crippen molar-refractivity contribution in [1.29, 1.82) is 0 Å². The predicted molar refractivity (Wildman–Crippen MR) is 71.3 cm³/mol. The molecule has 0 nitrogen and oxygen atoms in total. The number of alkyl halides is 1. The van der Waals surface area contributed by atoms with Crippen LogP contribution in [0.25, 0.3) is 0 Å². The Hall–Kier alpha value is -0.670. The quantitative estimate of drug-likeness (QED) is 0.667. The van der Waals surface area contributed by atoms with Gasteiger partial charge in [0.15, 0.2) is 0 Å². The van der Waals surface area contributed by atoms with Crippen molar-refractivity contribution in [1.82, 2.24) is 0 Å². The Morgan fingerprint density at radius 3 is 2.19 bits per heavy atom. The smallest absolute Gasteiger partial charge is 0.127 e. The molecule has 2 aromatic rings. The molecule has 0 radical (unpaired) electrons. The summed E-state index contributed by atoms with van der Waals surface area (Å²) in [4.78, 5) is -0.109. The maximum absolute atomic E-state index is 13.6. The number of benzene rings is 2. The minimum absolute atomic E-state index is 0.109. The van der Waals surface area contributed by atoms with Gasteiger partial charge in [0.1, 0.15) is 5.82 Å². The van der Waals surface area contributed by atoms with Gasteiger partial charge in [0.05, 0.1) is 4.83 Å². The van der Waals surface area contributed by atoms with Crippen molar-refractivity contribution in [3.8, 4) is 0 Å². The summed E-state index contributed by atoms with van der Waals surface area (Å²) >= 11 is 6.89. The second-order valence-electron chi connectivity index (χ2n) is 3.44. The fraction of sp³-hybridized carbons (Fsp3) is 0.0769. The summed E-state index contributed by atoms with van der Waals surface area (Å²) < 4.78 is 14.6. The van der Waals surface area contributed by atoms with Crippen molar-refractivity contribution in [2.75, 3.05) is 0 Å². The number of halogens is 3. The molecule has 0 spiro atoms. The average Bonchev–Trinajstić information content (AvgIpc) is 2.30. The van der Waals surface area contributed by atoms with E-state index in [2.05, 4.69) is 31.9 Å². The lowest BCUT2D eigenvalue weighted by molar-refractivity contribution is 0.613. The van der Waals surface area contributed by atoms with Crippen molar-refractivity contribution < 1.29 is 4.39 Å². The molecule has 0 bridgehead atoms. The molecule has 3 heteroatoms. The van der Waals surface area contributed by atoms with Crippen molar-refractivity contribution in [3.63, 3.8) is 0 Å². The highest BCUT2D eigenvalue weighted by molar-refractivity contribution is 9.10. The molecule has 0 N–H and O–H groups in total. The molecule has 0 amide bonds. The lowest BCUT2D eigenvalue weighted by Gasteiger charge is -2.11. The third-order valence-corrected chi connectivity index (χ3v) is 3.89. The monoisotopic (exact) mass is 342 g/mol. The summed E-state index contributed by atoms with van der Waals surface area (Å²) in [6, 6.07) is 14.6. The van der Waals surface area contributed by atoms with E-state index in [0.717, 1.165) is 10.0 Å². The zero-order chi connectivity index (χ0) is 11.5. The number of rotatable bonds is 2. The normalized spacial score (nSPS) is 12.4. The van der Waals surface area contributed by atoms with Crippen LogP contribution in [0, 0.1) is 5.82 Å². The Balaban J connectivity index is 2.35. The van der Waals surface area contributed by atoms with Gasteiger partial charge in [0.25, 0.3) is 0 Å². The highest BCUT2D eigenvalue weighted by atomic mass is 79.9. The zero-order valence-corrected chi connectivity index (χ0v) is 11.5. The predicted octanol–water partition coefficient (Wildman–Crippen LogP) is 5.07. The molecule has 0 aliphatic carbocycles. The molecule has 0 saturated carbocycles. The fourth-order valence-electron chi connectivity index (χ4n) is 1.49. The van der Waals surface area contributed by atoms with Crippen molar-refractivity contribution in [2.24, 2.45) is 0 Å². The molecule has 0 heterocycles. The van der Waals surface area contributed by atoms with E-state index < -0.39 is 0 Å². The van der Waals surface area contributed by atoms with E-state index in [1.807, 2.05) is 30.3 Å². The summed E-state index contributed by atoms with van der Waals surface area (Å²) in [6.07, 6.45) is 0. The summed E-state index contributed by atoms with van der Waals surface area (Å²) in [5.41, 5.74) is 1.69. The second-order valence-corrected chi connectivity index (χ2v) is 5.27. The molecule has 2 rings (SSSR count). The molecule has 2 aromatic carbocycles. The van der Waals surface area contributed by atoms with Gasteiger partial charge in [-0.1, -0.05) is 62.2 Å². The summed E-state index contributed by atoms with van der Waals surface area (Å²) in [7, 11) is 0. The summed E-state index contributed by atoms with van der Waals surface area (Å²) in [5, 5.41) is 0. The third kappa shape index (κ3) is 2.53. The van der Waals surface area contributed by atoms with Crippen LogP contribution in [-0.4, -0.2) is 0 Å². The fourth-order valence-corrected chi connectivity index (χ4v) is 2.43. The highest BCUT2D eigenvalue weighted by Gasteiger charge is 2.13. The third-order valence-electron chi connectivity index (χ3n) is 2.34. The molecule has 16 heavy (non-hydrogen) atoms. The lowest BCUT2D eigenvalue weighted by Crippen LogP contribution is -1.95. The molecule has 82 valence electrons. The van der Waals surface area contributed by atoms with Gasteiger partial charge in [-0.15, -0.1) is 0 Å². The van der Waals surface area contributed by atoms with Crippen LogP contribution >= 0.6 is 31.9 Å². The zero-order valence-electron chi connectivity index (χ0n) is 8.33. The largest absolute Gasteiger partial charge is 0.207 e. The first-order chi connectivity index (χ1) is 7.68. The SMILES string of the molecule is Fc1ccccc1C(Br)c1ccc(Br)cc1. The van der Waals surface area contributed by atoms with Gasteiger partial charge in [-0.3, -0.25) is 0 Å². The van der Waals surface area contributed by atoms with E-state index in [-0.39, 0.29) is 10.6 Å². The molecule has 0 aliphatic rings. The lowest BCUT2D eigenvalue weighted by atomic mass is 10.0. The van der Waals surface area contributed by atoms with Crippen LogP contribution in [0.2, 0.25) is 0 Å².